The molecule has 1 N–H and O–H groups in total. The fourth-order valence-electron chi connectivity index (χ4n) is 3.01. The number of thiophene rings is 1. The second kappa shape index (κ2) is 5.26. The van der Waals surface area contributed by atoms with Crippen LogP contribution in [0.2, 0.25) is 0 Å². The Morgan fingerprint density at radius 1 is 1.43 bits per heavy atom. The Balaban J connectivity index is 2.12. The molecule has 112 valence electrons. The van der Waals surface area contributed by atoms with Crippen LogP contribution in [0.3, 0.4) is 0 Å². The lowest BCUT2D eigenvalue weighted by molar-refractivity contribution is -0.139. The van der Waals surface area contributed by atoms with E-state index >= 15 is 0 Å². The third-order valence-electron chi connectivity index (χ3n) is 4.37. The molecule has 2 aromatic heterocycles. The van der Waals surface area contributed by atoms with Gasteiger partial charge >= 0.3 is 5.97 Å². The highest BCUT2D eigenvalue weighted by atomic mass is 32.1. The van der Waals surface area contributed by atoms with Gasteiger partial charge in [-0.15, -0.1) is 11.3 Å². The summed E-state index contributed by atoms with van der Waals surface area (Å²) in [5.74, 6) is 0.448. The van der Waals surface area contributed by atoms with Crippen molar-refractivity contribution in [2.75, 3.05) is 11.4 Å². The molecule has 1 aliphatic rings. The average Bonchev–Trinajstić information content (AvgIpc) is 2.74. The topological polar surface area (TPSA) is 66.3 Å². The fraction of sp³-hybridized carbons (Fsp3) is 0.533. The summed E-state index contributed by atoms with van der Waals surface area (Å²) in [6.07, 6.45) is 3.21. The van der Waals surface area contributed by atoms with Crippen molar-refractivity contribution in [3.63, 3.8) is 0 Å². The van der Waals surface area contributed by atoms with Gasteiger partial charge in [0.1, 0.15) is 23.0 Å². The van der Waals surface area contributed by atoms with Crippen LogP contribution in [0, 0.1) is 19.8 Å². The standard InChI is InChI=1S/C15H19N3O2S/c1-8-4-5-18(11(6-8)15(19)20)13-12-9(2)10(3)21-14(12)17-7-16-13/h7-8,11H,4-6H2,1-3H3,(H,19,20). The molecule has 2 unspecified atom stereocenters. The molecule has 0 amide bonds. The van der Waals surface area contributed by atoms with Crippen molar-refractivity contribution >= 4 is 33.3 Å². The molecule has 1 saturated heterocycles. The zero-order valence-electron chi connectivity index (χ0n) is 12.5. The quantitative estimate of drug-likeness (QED) is 0.924. The largest absolute Gasteiger partial charge is 0.480 e. The first-order valence-corrected chi connectivity index (χ1v) is 8.00. The molecule has 1 fully saturated rings. The summed E-state index contributed by atoms with van der Waals surface area (Å²) in [7, 11) is 0. The molecule has 3 rings (SSSR count). The predicted molar refractivity (Wildman–Crippen MR) is 84.1 cm³/mol. The minimum absolute atomic E-state index is 0.435. The minimum Gasteiger partial charge on any atom is -0.480 e. The normalized spacial score (nSPS) is 22.7. The average molecular weight is 305 g/mol. The van der Waals surface area contributed by atoms with Crippen LogP contribution in [0.15, 0.2) is 6.33 Å². The first kappa shape index (κ1) is 14.3. The van der Waals surface area contributed by atoms with Gasteiger partial charge in [0.25, 0.3) is 0 Å². The van der Waals surface area contributed by atoms with Crippen LogP contribution in [0.1, 0.15) is 30.2 Å². The van der Waals surface area contributed by atoms with Crippen molar-refractivity contribution in [2.45, 2.75) is 39.7 Å². The molecule has 2 atom stereocenters. The van der Waals surface area contributed by atoms with Gasteiger partial charge in [0, 0.05) is 11.4 Å². The molecule has 2 aromatic rings. The van der Waals surface area contributed by atoms with E-state index < -0.39 is 12.0 Å². The number of aliphatic carboxylic acids is 1. The Kier molecular flexibility index (Phi) is 3.57. The number of carbonyl (C=O) groups is 1. The van der Waals surface area contributed by atoms with E-state index in [9.17, 15) is 9.90 Å². The highest BCUT2D eigenvalue weighted by molar-refractivity contribution is 7.18. The highest BCUT2D eigenvalue weighted by Crippen LogP contribution is 2.37. The van der Waals surface area contributed by atoms with Crippen LogP contribution < -0.4 is 4.90 Å². The first-order valence-electron chi connectivity index (χ1n) is 7.19. The number of piperidine rings is 1. The number of anilines is 1. The van der Waals surface area contributed by atoms with E-state index in [0.29, 0.717) is 12.3 Å². The van der Waals surface area contributed by atoms with Gasteiger partial charge in [-0.05, 0) is 38.2 Å². The van der Waals surface area contributed by atoms with E-state index in [-0.39, 0.29) is 0 Å². The third kappa shape index (κ3) is 2.37. The second-order valence-corrected chi connectivity index (χ2v) is 7.04. The fourth-order valence-corrected chi connectivity index (χ4v) is 4.00. The molecular formula is C15H19N3O2S. The summed E-state index contributed by atoms with van der Waals surface area (Å²) in [5.41, 5.74) is 1.16. The summed E-state index contributed by atoms with van der Waals surface area (Å²) >= 11 is 1.64. The van der Waals surface area contributed by atoms with Crippen LogP contribution >= 0.6 is 11.3 Å². The lowest BCUT2D eigenvalue weighted by atomic mass is 9.92. The Bertz CT molecular complexity index is 698. The molecule has 0 aliphatic carbocycles. The summed E-state index contributed by atoms with van der Waals surface area (Å²) < 4.78 is 0. The maximum absolute atomic E-state index is 11.6. The molecule has 1 aliphatic heterocycles. The van der Waals surface area contributed by atoms with Gasteiger partial charge in [0.05, 0.1) is 5.39 Å². The lowest BCUT2D eigenvalue weighted by Crippen LogP contribution is -2.47. The van der Waals surface area contributed by atoms with Crippen molar-refractivity contribution in [1.82, 2.24) is 9.97 Å². The Hall–Kier alpha value is -1.69. The number of carboxylic acids is 1. The van der Waals surface area contributed by atoms with Crippen LogP contribution in [0.4, 0.5) is 5.82 Å². The molecule has 21 heavy (non-hydrogen) atoms. The van der Waals surface area contributed by atoms with Gasteiger partial charge in [-0.25, -0.2) is 14.8 Å². The number of rotatable bonds is 2. The number of nitrogens with zero attached hydrogens (tertiary/aromatic N) is 3. The summed E-state index contributed by atoms with van der Waals surface area (Å²) in [4.78, 5) is 24.5. The monoisotopic (exact) mass is 305 g/mol. The summed E-state index contributed by atoms with van der Waals surface area (Å²) in [6, 6.07) is -0.494. The minimum atomic E-state index is -0.766. The number of hydrogen-bond donors (Lipinski definition) is 1. The lowest BCUT2D eigenvalue weighted by Gasteiger charge is -2.37. The van der Waals surface area contributed by atoms with E-state index in [1.54, 1.807) is 17.7 Å². The van der Waals surface area contributed by atoms with Crippen molar-refractivity contribution in [2.24, 2.45) is 5.92 Å². The van der Waals surface area contributed by atoms with E-state index in [1.165, 1.54) is 4.88 Å². The number of carboxylic acid groups (broad SMARTS) is 1. The van der Waals surface area contributed by atoms with E-state index in [4.69, 9.17) is 0 Å². The highest BCUT2D eigenvalue weighted by Gasteiger charge is 2.34. The Morgan fingerprint density at radius 2 is 2.19 bits per heavy atom. The maximum atomic E-state index is 11.6. The number of aryl methyl sites for hydroxylation is 2. The van der Waals surface area contributed by atoms with Gasteiger partial charge in [-0.3, -0.25) is 0 Å². The van der Waals surface area contributed by atoms with Gasteiger partial charge in [-0.2, -0.15) is 0 Å². The van der Waals surface area contributed by atoms with Gasteiger partial charge in [-0.1, -0.05) is 6.92 Å². The maximum Gasteiger partial charge on any atom is 0.326 e. The zero-order valence-corrected chi connectivity index (χ0v) is 13.3. The molecule has 0 bridgehead atoms. The smallest absolute Gasteiger partial charge is 0.326 e. The predicted octanol–water partition coefficient (Wildman–Crippen LogP) is 3.00. The molecule has 3 heterocycles. The Morgan fingerprint density at radius 3 is 2.90 bits per heavy atom. The molecule has 0 radical (unpaired) electrons. The Labute approximate surface area is 127 Å². The molecule has 0 aromatic carbocycles. The van der Waals surface area contributed by atoms with Crippen molar-refractivity contribution < 1.29 is 9.90 Å². The number of aromatic nitrogens is 2. The van der Waals surface area contributed by atoms with Crippen LogP contribution in [0.5, 0.6) is 0 Å². The molecule has 0 spiro atoms. The summed E-state index contributed by atoms with van der Waals surface area (Å²) in [6.45, 7) is 6.98. The molecule has 0 saturated carbocycles. The van der Waals surface area contributed by atoms with Crippen molar-refractivity contribution in [3.8, 4) is 0 Å². The van der Waals surface area contributed by atoms with Gasteiger partial charge in [0.15, 0.2) is 0 Å². The molecule has 6 heteroatoms. The van der Waals surface area contributed by atoms with E-state index in [1.807, 2.05) is 4.90 Å². The molecular weight excluding hydrogens is 286 g/mol. The SMILES string of the molecule is Cc1sc2ncnc(N3CCC(C)CC3C(=O)O)c2c1C. The van der Waals surface area contributed by atoms with E-state index in [0.717, 1.165) is 34.6 Å². The van der Waals surface area contributed by atoms with E-state index in [2.05, 4.69) is 30.7 Å². The van der Waals surface area contributed by atoms with Crippen LogP contribution in [-0.4, -0.2) is 33.6 Å². The summed E-state index contributed by atoms with van der Waals surface area (Å²) in [5, 5.41) is 10.6. The molecule has 5 nitrogen and oxygen atoms in total. The second-order valence-electron chi connectivity index (χ2n) is 5.84. The number of fused-ring (bicyclic) bond motifs is 1. The van der Waals surface area contributed by atoms with Gasteiger partial charge in [0.2, 0.25) is 0 Å². The van der Waals surface area contributed by atoms with Gasteiger partial charge < -0.3 is 10.0 Å². The zero-order chi connectivity index (χ0) is 15.1. The van der Waals surface area contributed by atoms with Crippen LogP contribution in [0.25, 0.3) is 10.2 Å². The van der Waals surface area contributed by atoms with Crippen molar-refractivity contribution in [1.29, 1.82) is 0 Å². The first-order chi connectivity index (χ1) is 9.99. The number of hydrogen-bond acceptors (Lipinski definition) is 5. The third-order valence-corrected chi connectivity index (χ3v) is 5.48. The van der Waals surface area contributed by atoms with Crippen molar-refractivity contribution in [3.05, 3.63) is 16.8 Å². The van der Waals surface area contributed by atoms with Crippen LogP contribution in [-0.2, 0) is 4.79 Å².